The van der Waals surface area contributed by atoms with Crippen molar-refractivity contribution in [3.05, 3.63) is 17.2 Å². The molecule has 0 radical (unpaired) electrons. The predicted octanol–water partition coefficient (Wildman–Crippen LogP) is 3.26. The van der Waals surface area contributed by atoms with Gasteiger partial charge >= 0.3 is 0 Å². The van der Waals surface area contributed by atoms with Crippen LogP contribution in [0.25, 0.3) is 0 Å². The van der Waals surface area contributed by atoms with E-state index in [1.165, 1.54) is 49.4 Å². The molecular formula is C18H29N3. The van der Waals surface area contributed by atoms with Crippen LogP contribution in [0, 0.1) is 17.8 Å². The zero-order chi connectivity index (χ0) is 14.6. The van der Waals surface area contributed by atoms with Crippen molar-refractivity contribution >= 4 is 0 Å². The summed E-state index contributed by atoms with van der Waals surface area (Å²) in [5.74, 6) is 4.28. The molecule has 0 spiro atoms. The Morgan fingerprint density at radius 2 is 2.10 bits per heavy atom. The van der Waals surface area contributed by atoms with E-state index in [2.05, 4.69) is 30.7 Å². The summed E-state index contributed by atoms with van der Waals surface area (Å²) >= 11 is 0. The van der Waals surface area contributed by atoms with E-state index in [0.717, 1.165) is 37.3 Å². The molecule has 1 aromatic heterocycles. The summed E-state index contributed by atoms with van der Waals surface area (Å²) in [4.78, 5) is 5.03. The van der Waals surface area contributed by atoms with Gasteiger partial charge in [0.05, 0.1) is 5.69 Å². The second-order valence-corrected chi connectivity index (χ2v) is 8.55. The van der Waals surface area contributed by atoms with Gasteiger partial charge < -0.3 is 9.88 Å². The highest BCUT2D eigenvalue weighted by Crippen LogP contribution is 2.49. The maximum absolute atomic E-state index is 5.03. The van der Waals surface area contributed by atoms with Crippen LogP contribution in [0.1, 0.15) is 63.7 Å². The number of nitrogens with one attached hydrogen (secondary N) is 1. The lowest BCUT2D eigenvalue weighted by atomic mass is 9.88. The molecule has 2 bridgehead atoms. The number of fused-ring (bicyclic) bond motifs is 3. The topological polar surface area (TPSA) is 29.9 Å². The van der Waals surface area contributed by atoms with Gasteiger partial charge in [-0.2, -0.15) is 0 Å². The highest BCUT2D eigenvalue weighted by Gasteiger charge is 2.40. The smallest absolute Gasteiger partial charge is 0.114 e. The first-order chi connectivity index (χ1) is 10.0. The van der Waals surface area contributed by atoms with Crippen LogP contribution >= 0.6 is 0 Å². The van der Waals surface area contributed by atoms with Crippen LogP contribution in [0.3, 0.4) is 0 Å². The molecule has 3 unspecified atom stereocenters. The fourth-order valence-corrected chi connectivity index (χ4v) is 4.97. The highest BCUT2D eigenvalue weighted by atomic mass is 15.1. The fraction of sp³-hybridized carbons (Fsp3) is 0.833. The molecule has 3 heteroatoms. The molecule has 21 heavy (non-hydrogen) atoms. The number of hydrogen-bond donors (Lipinski definition) is 1. The predicted molar refractivity (Wildman–Crippen MR) is 85.3 cm³/mol. The molecule has 1 N–H and O–H groups in total. The Morgan fingerprint density at radius 1 is 1.24 bits per heavy atom. The minimum Gasteiger partial charge on any atom is -0.331 e. The van der Waals surface area contributed by atoms with Gasteiger partial charge in [0, 0.05) is 37.2 Å². The third-order valence-corrected chi connectivity index (χ3v) is 5.96. The van der Waals surface area contributed by atoms with Gasteiger partial charge in [0.2, 0.25) is 0 Å². The lowest BCUT2D eigenvalue weighted by molar-refractivity contribution is 0.284. The Balaban J connectivity index is 1.67. The van der Waals surface area contributed by atoms with Crippen molar-refractivity contribution in [3.8, 4) is 0 Å². The van der Waals surface area contributed by atoms with Crippen molar-refractivity contribution in [2.75, 3.05) is 6.54 Å². The number of rotatable bonds is 2. The Kier molecular flexibility index (Phi) is 3.18. The van der Waals surface area contributed by atoms with Crippen molar-refractivity contribution in [2.24, 2.45) is 17.8 Å². The first kappa shape index (κ1) is 13.8. The van der Waals surface area contributed by atoms with Crippen LogP contribution < -0.4 is 5.32 Å². The maximum atomic E-state index is 5.03. The van der Waals surface area contributed by atoms with Gasteiger partial charge in [-0.15, -0.1) is 0 Å². The molecule has 116 valence electrons. The van der Waals surface area contributed by atoms with Crippen molar-refractivity contribution < 1.29 is 0 Å². The zero-order valence-electron chi connectivity index (χ0n) is 13.8. The molecule has 2 saturated carbocycles. The molecule has 3 nitrogen and oxygen atoms in total. The molecule has 1 aliphatic heterocycles. The van der Waals surface area contributed by atoms with Crippen LogP contribution in [-0.4, -0.2) is 16.1 Å². The number of nitrogens with zero attached hydrogens (tertiary/aromatic N) is 2. The Morgan fingerprint density at radius 3 is 2.76 bits per heavy atom. The van der Waals surface area contributed by atoms with Gasteiger partial charge in [0.1, 0.15) is 5.82 Å². The number of hydrogen-bond acceptors (Lipinski definition) is 2. The van der Waals surface area contributed by atoms with Crippen LogP contribution in [0.2, 0.25) is 0 Å². The molecule has 3 atom stereocenters. The first-order valence-electron chi connectivity index (χ1n) is 8.82. The van der Waals surface area contributed by atoms with E-state index in [4.69, 9.17) is 4.98 Å². The first-order valence-corrected chi connectivity index (χ1v) is 8.82. The van der Waals surface area contributed by atoms with Crippen molar-refractivity contribution in [2.45, 2.75) is 71.4 Å². The molecule has 4 rings (SSSR count). The SMILES string of the molecule is CC(C)(C)c1nc2c(n1CC1CC3CCC1C3)CCNC2. The van der Waals surface area contributed by atoms with Crippen molar-refractivity contribution in [1.82, 2.24) is 14.9 Å². The standard InChI is InChI=1S/C18H29N3/c1-18(2,3)17-20-15-10-19-7-6-16(15)21(17)11-14-9-12-4-5-13(14)8-12/h12-14,19H,4-11H2,1-3H3. The van der Waals surface area contributed by atoms with Crippen molar-refractivity contribution in [1.29, 1.82) is 0 Å². The molecule has 2 heterocycles. The van der Waals surface area contributed by atoms with Crippen LogP contribution in [-0.2, 0) is 24.9 Å². The van der Waals surface area contributed by atoms with Gasteiger partial charge in [-0.3, -0.25) is 0 Å². The monoisotopic (exact) mass is 287 g/mol. The van der Waals surface area contributed by atoms with Gasteiger partial charge in [0.15, 0.2) is 0 Å². The minimum absolute atomic E-state index is 0.148. The van der Waals surface area contributed by atoms with E-state index >= 15 is 0 Å². The molecule has 2 fully saturated rings. The van der Waals surface area contributed by atoms with E-state index in [-0.39, 0.29) is 5.41 Å². The largest absolute Gasteiger partial charge is 0.331 e. The Labute approximate surface area is 128 Å². The van der Waals surface area contributed by atoms with Gasteiger partial charge in [-0.25, -0.2) is 4.98 Å². The van der Waals surface area contributed by atoms with E-state index in [1.54, 1.807) is 0 Å². The maximum Gasteiger partial charge on any atom is 0.114 e. The third-order valence-electron chi connectivity index (χ3n) is 5.96. The highest BCUT2D eigenvalue weighted by molar-refractivity contribution is 5.24. The van der Waals surface area contributed by atoms with E-state index in [0.29, 0.717) is 0 Å². The minimum atomic E-state index is 0.148. The van der Waals surface area contributed by atoms with Gasteiger partial charge in [0.25, 0.3) is 0 Å². The summed E-state index contributed by atoms with van der Waals surface area (Å²) in [5, 5.41) is 3.48. The summed E-state index contributed by atoms with van der Waals surface area (Å²) in [6.07, 6.45) is 7.12. The lowest BCUT2D eigenvalue weighted by Crippen LogP contribution is -2.28. The Hall–Kier alpha value is -0.830. The quantitative estimate of drug-likeness (QED) is 0.905. The molecule has 2 aliphatic carbocycles. The second-order valence-electron chi connectivity index (χ2n) is 8.55. The average Bonchev–Trinajstić information content (AvgIpc) is 3.12. The van der Waals surface area contributed by atoms with Crippen LogP contribution in [0.5, 0.6) is 0 Å². The normalized spacial score (nSPS) is 31.7. The molecule has 0 aromatic carbocycles. The summed E-state index contributed by atoms with van der Waals surface area (Å²) < 4.78 is 2.63. The summed E-state index contributed by atoms with van der Waals surface area (Å²) in [7, 11) is 0. The van der Waals surface area contributed by atoms with Crippen molar-refractivity contribution in [3.63, 3.8) is 0 Å². The van der Waals surface area contributed by atoms with Crippen LogP contribution in [0.4, 0.5) is 0 Å². The van der Waals surface area contributed by atoms with E-state index < -0.39 is 0 Å². The van der Waals surface area contributed by atoms with Gasteiger partial charge in [-0.1, -0.05) is 27.2 Å². The molecule has 0 saturated heterocycles. The van der Waals surface area contributed by atoms with E-state index in [9.17, 15) is 0 Å². The number of aromatic nitrogens is 2. The number of imidazole rings is 1. The summed E-state index contributed by atoms with van der Waals surface area (Å²) in [5.41, 5.74) is 2.99. The third kappa shape index (κ3) is 2.34. The summed E-state index contributed by atoms with van der Waals surface area (Å²) in [6.45, 7) is 10.2. The molecular weight excluding hydrogens is 258 g/mol. The lowest BCUT2D eigenvalue weighted by Gasteiger charge is -2.27. The fourth-order valence-electron chi connectivity index (χ4n) is 4.97. The van der Waals surface area contributed by atoms with E-state index in [1.807, 2.05) is 0 Å². The zero-order valence-corrected chi connectivity index (χ0v) is 13.8. The molecule has 0 amide bonds. The summed E-state index contributed by atoms with van der Waals surface area (Å²) in [6, 6.07) is 0. The second kappa shape index (κ2) is 4.84. The molecule has 1 aromatic rings. The van der Waals surface area contributed by atoms with Crippen LogP contribution in [0.15, 0.2) is 0 Å². The average molecular weight is 287 g/mol. The van der Waals surface area contributed by atoms with Gasteiger partial charge in [-0.05, 0) is 37.0 Å². The Bertz CT molecular complexity index is 537. The molecule has 3 aliphatic rings.